The van der Waals surface area contributed by atoms with Crippen LogP contribution in [0.15, 0.2) is 11.1 Å². The maximum atomic E-state index is 11.6. The number of hydrogen-bond donors (Lipinski definition) is 0. The van der Waals surface area contributed by atoms with Gasteiger partial charge in [0.2, 0.25) is 0 Å². The third-order valence-corrected chi connectivity index (χ3v) is 1.98. The second-order valence-corrected chi connectivity index (χ2v) is 4.70. The molecular weight excluding hydrogens is 180 g/mol. The highest BCUT2D eigenvalue weighted by Gasteiger charge is 2.18. The first-order valence-electron chi connectivity index (χ1n) is 4.57. The van der Waals surface area contributed by atoms with Crippen LogP contribution >= 0.6 is 0 Å². The highest BCUT2D eigenvalue weighted by Crippen LogP contribution is 2.21. The Hall–Kier alpha value is -1.12. The molecule has 0 spiro atoms. The first kappa shape index (κ1) is 12.9. The zero-order chi connectivity index (χ0) is 11.5. The fourth-order valence-corrected chi connectivity index (χ4v) is 0.976. The van der Waals surface area contributed by atoms with Gasteiger partial charge in [-0.3, -0.25) is 4.79 Å². The van der Waals surface area contributed by atoms with Crippen molar-refractivity contribution < 1.29 is 14.7 Å². The summed E-state index contributed by atoms with van der Waals surface area (Å²) in [5.41, 5.74) is 0.198. The second kappa shape index (κ2) is 4.40. The SMILES string of the molecule is C/C(C(=O)[O-])=C(\C)C(=O)CC(C)(C)C. The predicted molar refractivity (Wildman–Crippen MR) is 52.5 cm³/mol. The van der Waals surface area contributed by atoms with Gasteiger partial charge in [0.25, 0.3) is 0 Å². The van der Waals surface area contributed by atoms with Crippen molar-refractivity contribution in [3.05, 3.63) is 11.1 Å². The lowest BCUT2D eigenvalue weighted by molar-refractivity contribution is -0.299. The molecule has 0 atom stereocenters. The zero-order valence-corrected chi connectivity index (χ0v) is 9.43. The van der Waals surface area contributed by atoms with E-state index >= 15 is 0 Å². The maximum absolute atomic E-state index is 11.6. The summed E-state index contributed by atoms with van der Waals surface area (Å²) < 4.78 is 0. The average Bonchev–Trinajstić information content (AvgIpc) is 1.98. The van der Waals surface area contributed by atoms with Crippen molar-refractivity contribution in [2.75, 3.05) is 0 Å². The summed E-state index contributed by atoms with van der Waals surface area (Å²) >= 11 is 0. The Morgan fingerprint density at radius 1 is 1.07 bits per heavy atom. The largest absolute Gasteiger partial charge is 0.545 e. The van der Waals surface area contributed by atoms with Crippen LogP contribution in [0.25, 0.3) is 0 Å². The Kier molecular flexibility index (Phi) is 4.05. The summed E-state index contributed by atoms with van der Waals surface area (Å²) in [6, 6.07) is 0. The average molecular weight is 197 g/mol. The monoisotopic (exact) mass is 197 g/mol. The molecule has 0 amide bonds. The molecule has 0 aliphatic rings. The van der Waals surface area contributed by atoms with E-state index in [1.807, 2.05) is 20.8 Å². The van der Waals surface area contributed by atoms with Gasteiger partial charge in [0.05, 0.1) is 5.97 Å². The van der Waals surface area contributed by atoms with Gasteiger partial charge in [-0.05, 0) is 30.4 Å². The fourth-order valence-electron chi connectivity index (χ4n) is 0.976. The van der Waals surface area contributed by atoms with Crippen LogP contribution in [0.4, 0.5) is 0 Å². The summed E-state index contributed by atoms with van der Waals surface area (Å²) in [4.78, 5) is 22.0. The topological polar surface area (TPSA) is 57.2 Å². The Bertz CT molecular complexity index is 279. The third kappa shape index (κ3) is 4.21. The lowest BCUT2D eigenvalue weighted by Gasteiger charge is -2.18. The standard InChI is InChI=1S/C11H18O3/c1-7(8(2)10(13)14)9(12)6-11(3,4)5/h6H2,1-5H3,(H,13,14)/p-1/b8-7-. The smallest absolute Gasteiger partial charge is 0.159 e. The van der Waals surface area contributed by atoms with Crippen molar-refractivity contribution >= 4 is 11.8 Å². The van der Waals surface area contributed by atoms with Crippen LogP contribution in [0.5, 0.6) is 0 Å². The van der Waals surface area contributed by atoms with Crippen molar-refractivity contribution in [2.24, 2.45) is 5.41 Å². The first-order chi connectivity index (χ1) is 6.15. The minimum absolute atomic E-state index is 0.0271. The van der Waals surface area contributed by atoms with Crippen LogP contribution in [0, 0.1) is 5.41 Å². The molecule has 0 radical (unpaired) electrons. The Balaban J connectivity index is 4.72. The molecule has 0 aromatic heterocycles. The van der Waals surface area contributed by atoms with Gasteiger partial charge in [-0.1, -0.05) is 20.8 Å². The molecule has 14 heavy (non-hydrogen) atoms. The van der Waals surface area contributed by atoms with Gasteiger partial charge >= 0.3 is 0 Å². The number of carbonyl (C=O) groups excluding carboxylic acids is 2. The predicted octanol–water partition coefficient (Wildman–Crippen LogP) is 1.08. The van der Waals surface area contributed by atoms with E-state index in [9.17, 15) is 14.7 Å². The van der Waals surface area contributed by atoms with Gasteiger partial charge in [0, 0.05) is 6.42 Å². The maximum Gasteiger partial charge on any atom is 0.159 e. The number of ketones is 1. The minimum atomic E-state index is -1.27. The molecule has 0 unspecified atom stereocenters. The Morgan fingerprint density at radius 2 is 1.50 bits per heavy atom. The van der Waals surface area contributed by atoms with Crippen LogP contribution in [0.3, 0.4) is 0 Å². The van der Waals surface area contributed by atoms with Crippen LogP contribution < -0.4 is 5.11 Å². The molecule has 0 saturated carbocycles. The van der Waals surface area contributed by atoms with Gasteiger partial charge in [-0.15, -0.1) is 0 Å². The molecular formula is C11H17O3-. The van der Waals surface area contributed by atoms with E-state index in [0.717, 1.165) is 0 Å². The lowest BCUT2D eigenvalue weighted by Crippen LogP contribution is -2.25. The van der Waals surface area contributed by atoms with Crippen molar-refractivity contribution in [1.29, 1.82) is 0 Å². The highest BCUT2D eigenvalue weighted by atomic mass is 16.4. The van der Waals surface area contributed by atoms with E-state index in [0.29, 0.717) is 12.0 Å². The molecule has 0 fully saturated rings. The molecule has 0 aromatic carbocycles. The normalized spacial score (nSPS) is 13.5. The number of allylic oxidation sites excluding steroid dienone is 1. The van der Waals surface area contributed by atoms with Crippen LogP contribution in [-0.2, 0) is 9.59 Å². The number of carbonyl (C=O) groups is 2. The number of rotatable bonds is 3. The number of carboxylic acid groups (broad SMARTS) is 1. The fraction of sp³-hybridized carbons (Fsp3) is 0.636. The van der Waals surface area contributed by atoms with Crippen molar-refractivity contribution in [3.8, 4) is 0 Å². The summed E-state index contributed by atoms with van der Waals surface area (Å²) in [5, 5.41) is 10.5. The molecule has 0 rings (SSSR count). The summed E-state index contributed by atoms with van der Waals surface area (Å²) in [7, 11) is 0. The van der Waals surface area contributed by atoms with Crippen LogP contribution in [-0.4, -0.2) is 11.8 Å². The Morgan fingerprint density at radius 3 is 1.79 bits per heavy atom. The summed E-state index contributed by atoms with van der Waals surface area (Å²) in [6.45, 7) is 8.73. The molecule has 80 valence electrons. The van der Waals surface area contributed by atoms with Crippen molar-refractivity contribution in [2.45, 2.75) is 41.0 Å². The molecule has 0 aliphatic carbocycles. The quantitative estimate of drug-likeness (QED) is 0.636. The highest BCUT2D eigenvalue weighted by molar-refractivity contribution is 6.02. The third-order valence-electron chi connectivity index (χ3n) is 1.98. The minimum Gasteiger partial charge on any atom is -0.545 e. The van der Waals surface area contributed by atoms with Crippen LogP contribution in [0.2, 0.25) is 0 Å². The number of carboxylic acids is 1. The first-order valence-corrected chi connectivity index (χ1v) is 4.57. The van der Waals surface area contributed by atoms with E-state index in [1.165, 1.54) is 13.8 Å². The number of hydrogen-bond acceptors (Lipinski definition) is 3. The van der Waals surface area contributed by atoms with E-state index in [2.05, 4.69) is 0 Å². The lowest BCUT2D eigenvalue weighted by atomic mass is 9.87. The van der Waals surface area contributed by atoms with E-state index in [-0.39, 0.29) is 16.8 Å². The van der Waals surface area contributed by atoms with Gasteiger partial charge in [-0.25, -0.2) is 0 Å². The number of aliphatic carboxylic acids is 1. The van der Waals surface area contributed by atoms with E-state index < -0.39 is 5.97 Å². The molecule has 3 heteroatoms. The molecule has 0 heterocycles. The summed E-state index contributed by atoms with van der Waals surface area (Å²) in [5.74, 6) is -1.40. The molecule has 0 aliphatic heterocycles. The Labute approximate surface area is 84.8 Å². The molecule has 0 saturated heterocycles. The van der Waals surface area contributed by atoms with E-state index in [1.54, 1.807) is 0 Å². The van der Waals surface area contributed by atoms with Crippen molar-refractivity contribution in [1.82, 2.24) is 0 Å². The van der Waals surface area contributed by atoms with Crippen LogP contribution in [0.1, 0.15) is 41.0 Å². The van der Waals surface area contributed by atoms with Gasteiger partial charge in [-0.2, -0.15) is 0 Å². The molecule has 0 aromatic rings. The summed E-state index contributed by atoms with van der Waals surface area (Å²) in [6.07, 6.45) is 0.351. The van der Waals surface area contributed by atoms with Gasteiger partial charge in [0.1, 0.15) is 0 Å². The zero-order valence-electron chi connectivity index (χ0n) is 9.43. The number of Topliss-reactive ketones (excluding diaryl/α,β-unsaturated/α-hetero) is 1. The van der Waals surface area contributed by atoms with Crippen molar-refractivity contribution in [3.63, 3.8) is 0 Å². The van der Waals surface area contributed by atoms with E-state index in [4.69, 9.17) is 0 Å². The second-order valence-electron chi connectivity index (χ2n) is 4.70. The molecule has 0 N–H and O–H groups in total. The van der Waals surface area contributed by atoms with Gasteiger partial charge in [0.15, 0.2) is 5.78 Å². The molecule has 3 nitrogen and oxygen atoms in total. The van der Waals surface area contributed by atoms with Gasteiger partial charge < -0.3 is 9.90 Å². The molecule has 0 bridgehead atoms.